The number of halogens is 1. The summed E-state index contributed by atoms with van der Waals surface area (Å²) in [6.07, 6.45) is 0. The minimum atomic E-state index is -3.77. The van der Waals surface area contributed by atoms with Gasteiger partial charge in [-0.15, -0.1) is 0 Å². The summed E-state index contributed by atoms with van der Waals surface area (Å²) in [5.74, 6) is -1.12. The van der Waals surface area contributed by atoms with Crippen molar-refractivity contribution in [3.05, 3.63) is 34.1 Å². The van der Waals surface area contributed by atoms with E-state index in [2.05, 4.69) is 5.32 Å². The van der Waals surface area contributed by atoms with Crippen LogP contribution in [0.25, 0.3) is 0 Å². The van der Waals surface area contributed by atoms with Crippen molar-refractivity contribution in [3.8, 4) is 0 Å². The van der Waals surface area contributed by atoms with Crippen LogP contribution in [0.4, 0.5) is 15.8 Å². The van der Waals surface area contributed by atoms with Gasteiger partial charge in [-0.3, -0.25) is 14.8 Å². The van der Waals surface area contributed by atoms with Gasteiger partial charge in [-0.1, -0.05) is 13.8 Å². The van der Waals surface area contributed by atoms with Crippen LogP contribution in [-0.2, 0) is 10.0 Å². The predicted octanol–water partition coefficient (Wildman–Crippen LogP) is 1.47. The molecular weight excluding hydrogens is 289 g/mol. The number of nitrogens with one attached hydrogen (secondary N) is 2. The fourth-order valence-corrected chi connectivity index (χ4v) is 2.39. The van der Waals surface area contributed by atoms with Gasteiger partial charge >= 0.3 is 0 Å². The SMILES string of the molecule is CC(C)NCCS(=O)(=O)Nc1cc([N+](=O)[O-])ccc1F. The molecule has 0 saturated carbocycles. The van der Waals surface area contributed by atoms with Crippen LogP contribution in [0.1, 0.15) is 13.8 Å². The van der Waals surface area contributed by atoms with E-state index in [0.717, 1.165) is 18.2 Å². The fraction of sp³-hybridized carbons (Fsp3) is 0.455. The smallest absolute Gasteiger partial charge is 0.271 e. The molecule has 0 amide bonds. The number of non-ortho nitro benzene ring substituents is 1. The van der Waals surface area contributed by atoms with Crippen LogP contribution in [0.3, 0.4) is 0 Å². The highest BCUT2D eigenvalue weighted by Gasteiger charge is 2.16. The van der Waals surface area contributed by atoms with E-state index in [1.165, 1.54) is 0 Å². The van der Waals surface area contributed by atoms with E-state index in [1.54, 1.807) is 0 Å². The van der Waals surface area contributed by atoms with Crippen molar-refractivity contribution < 1.29 is 17.7 Å². The van der Waals surface area contributed by atoms with Crippen LogP contribution in [0.15, 0.2) is 18.2 Å². The molecule has 0 bridgehead atoms. The second kappa shape index (κ2) is 6.62. The van der Waals surface area contributed by atoms with Crippen molar-refractivity contribution in [1.29, 1.82) is 0 Å². The molecule has 1 rings (SSSR count). The van der Waals surface area contributed by atoms with E-state index in [-0.39, 0.29) is 24.0 Å². The van der Waals surface area contributed by atoms with E-state index >= 15 is 0 Å². The number of hydrogen-bond donors (Lipinski definition) is 2. The van der Waals surface area contributed by atoms with Gasteiger partial charge in [0.25, 0.3) is 5.69 Å². The van der Waals surface area contributed by atoms with E-state index in [1.807, 2.05) is 18.6 Å². The standard InChI is InChI=1S/C11H16FN3O4S/c1-8(2)13-5-6-20(18,19)14-11-7-9(15(16)17)3-4-10(11)12/h3-4,7-8,13-14H,5-6H2,1-2H3. The maximum absolute atomic E-state index is 13.4. The van der Waals surface area contributed by atoms with Crippen LogP contribution in [-0.4, -0.2) is 31.7 Å². The fourth-order valence-electron chi connectivity index (χ4n) is 1.41. The lowest BCUT2D eigenvalue weighted by atomic mass is 10.3. The van der Waals surface area contributed by atoms with Gasteiger partial charge in [0.15, 0.2) is 0 Å². The summed E-state index contributed by atoms with van der Waals surface area (Å²) in [5.41, 5.74) is -0.812. The molecular formula is C11H16FN3O4S. The zero-order valence-electron chi connectivity index (χ0n) is 11.1. The quantitative estimate of drug-likeness (QED) is 0.587. The molecule has 0 aliphatic carbocycles. The summed E-state index contributed by atoms with van der Waals surface area (Å²) < 4.78 is 38.9. The Morgan fingerprint density at radius 1 is 1.40 bits per heavy atom. The molecule has 0 unspecified atom stereocenters. The van der Waals surface area contributed by atoms with Gasteiger partial charge in [-0.25, -0.2) is 12.8 Å². The summed E-state index contributed by atoms with van der Waals surface area (Å²) in [6.45, 7) is 3.92. The van der Waals surface area contributed by atoms with E-state index in [0.29, 0.717) is 0 Å². The van der Waals surface area contributed by atoms with Crippen molar-refractivity contribution in [2.24, 2.45) is 0 Å². The summed E-state index contributed by atoms with van der Waals surface area (Å²) in [7, 11) is -3.77. The Hall–Kier alpha value is -1.74. The molecule has 0 aromatic heterocycles. The minimum absolute atomic E-state index is 0.125. The highest BCUT2D eigenvalue weighted by Crippen LogP contribution is 2.22. The highest BCUT2D eigenvalue weighted by molar-refractivity contribution is 7.92. The van der Waals surface area contributed by atoms with E-state index in [4.69, 9.17) is 0 Å². The summed E-state index contributed by atoms with van der Waals surface area (Å²) in [6, 6.07) is 2.79. The van der Waals surface area contributed by atoms with Crippen molar-refractivity contribution in [2.75, 3.05) is 17.0 Å². The Labute approximate surface area is 116 Å². The van der Waals surface area contributed by atoms with Crippen molar-refractivity contribution in [2.45, 2.75) is 19.9 Å². The monoisotopic (exact) mass is 305 g/mol. The summed E-state index contributed by atoms with van der Waals surface area (Å²) >= 11 is 0. The first-order valence-electron chi connectivity index (χ1n) is 5.89. The van der Waals surface area contributed by atoms with Gasteiger partial charge < -0.3 is 5.32 Å². The summed E-state index contributed by atoms with van der Waals surface area (Å²) in [4.78, 5) is 9.85. The normalized spacial score (nSPS) is 11.6. The molecule has 20 heavy (non-hydrogen) atoms. The molecule has 9 heteroatoms. The third-order valence-electron chi connectivity index (χ3n) is 2.35. The second-order valence-electron chi connectivity index (χ2n) is 4.45. The maximum atomic E-state index is 13.4. The predicted molar refractivity (Wildman–Crippen MR) is 73.6 cm³/mol. The number of hydrogen-bond acceptors (Lipinski definition) is 5. The van der Waals surface area contributed by atoms with Gasteiger partial charge in [0.2, 0.25) is 10.0 Å². The number of anilines is 1. The Kier molecular flexibility index (Phi) is 5.40. The zero-order valence-corrected chi connectivity index (χ0v) is 11.9. The van der Waals surface area contributed by atoms with Gasteiger partial charge in [0, 0.05) is 24.7 Å². The van der Waals surface area contributed by atoms with Crippen molar-refractivity contribution >= 4 is 21.4 Å². The molecule has 0 heterocycles. The number of nitro groups is 1. The van der Waals surface area contributed by atoms with Gasteiger partial charge in [0.05, 0.1) is 16.4 Å². The number of benzene rings is 1. The van der Waals surface area contributed by atoms with Gasteiger partial charge in [-0.05, 0) is 6.07 Å². The molecule has 2 N–H and O–H groups in total. The number of sulfonamides is 1. The third kappa shape index (κ3) is 5.10. The molecule has 0 fully saturated rings. The lowest BCUT2D eigenvalue weighted by Crippen LogP contribution is -2.31. The molecule has 0 atom stereocenters. The first-order valence-corrected chi connectivity index (χ1v) is 7.54. The summed E-state index contributed by atoms with van der Waals surface area (Å²) in [5, 5.41) is 13.5. The Bertz CT molecular complexity index is 589. The lowest BCUT2D eigenvalue weighted by molar-refractivity contribution is -0.384. The Morgan fingerprint density at radius 2 is 2.05 bits per heavy atom. The number of nitrogens with zero attached hydrogens (tertiary/aromatic N) is 1. The average molecular weight is 305 g/mol. The molecule has 1 aromatic rings. The first kappa shape index (κ1) is 16.3. The second-order valence-corrected chi connectivity index (χ2v) is 6.29. The van der Waals surface area contributed by atoms with Crippen molar-refractivity contribution in [1.82, 2.24) is 5.32 Å². The van der Waals surface area contributed by atoms with Crippen LogP contribution < -0.4 is 10.0 Å². The minimum Gasteiger partial charge on any atom is -0.313 e. The largest absolute Gasteiger partial charge is 0.313 e. The molecule has 112 valence electrons. The molecule has 0 aliphatic rings. The van der Waals surface area contributed by atoms with Gasteiger partial charge in [-0.2, -0.15) is 0 Å². The molecule has 7 nitrogen and oxygen atoms in total. The lowest BCUT2D eigenvalue weighted by Gasteiger charge is -2.11. The van der Waals surface area contributed by atoms with Crippen LogP contribution in [0, 0.1) is 15.9 Å². The highest BCUT2D eigenvalue weighted by atomic mass is 32.2. The molecule has 0 spiro atoms. The molecule has 1 aromatic carbocycles. The Morgan fingerprint density at radius 3 is 2.60 bits per heavy atom. The molecule has 0 radical (unpaired) electrons. The number of rotatable bonds is 7. The van der Waals surface area contributed by atoms with E-state index < -0.39 is 26.5 Å². The van der Waals surface area contributed by atoms with E-state index in [9.17, 15) is 22.9 Å². The van der Waals surface area contributed by atoms with Gasteiger partial charge in [0.1, 0.15) is 5.82 Å². The average Bonchev–Trinajstić information content (AvgIpc) is 2.30. The number of nitro benzene ring substituents is 1. The topological polar surface area (TPSA) is 101 Å². The third-order valence-corrected chi connectivity index (χ3v) is 3.62. The Balaban J connectivity index is 2.81. The van der Waals surface area contributed by atoms with Crippen LogP contribution in [0.2, 0.25) is 0 Å². The maximum Gasteiger partial charge on any atom is 0.271 e. The van der Waals surface area contributed by atoms with Crippen molar-refractivity contribution in [3.63, 3.8) is 0 Å². The molecule has 0 aliphatic heterocycles. The van der Waals surface area contributed by atoms with Crippen LogP contribution in [0.5, 0.6) is 0 Å². The van der Waals surface area contributed by atoms with Crippen LogP contribution >= 0.6 is 0 Å². The molecule has 0 saturated heterocycles. The first-order chi connectivity index (χ1) is 9.21. The zero-order chi connectivity index (χ0) is 15.3.